The standard InChI is InChI=1S/C33H23N2OS/c1-20-22-9-5-8-14-29(22)36-32(20)31-33-25(17-18-34(31)2)26-19-21(15-16-30(26)37-33)35-27-12-6-3-10-23(27)24-11-4-7-13-28(24)35/h3-19H,1-2H3/q+1. The van der Waals surface area contributed by atoms with Crippen molar-refractivity contribution in [2.75, 3.05) is 0 Å². The quantitative estimate of drug-likeness (QED) is 0.220. The normalized spacial score (nSPS) is 12.1. The molecule has 0 saturated heterocycles. The van der Waals surface area contributed by atoms with Crippen molar-refractivity contribution in [1.82, 2.24) is 4.57 Å². The number of hydrogen-bond donors (Lipinski definition) is 0. The van der Waals surface area contributed by atoms with Gasteiger partial charge in [0.1, 0.15) is 17.3 Å². The fourth-order valence-electron chi connectivity index (χ4n) is 5.87. The number of nitrogens with zero attached hydrogens (tertiary/aromatic N) is 2. The molecule has 0 aliphatic heterocycles. The zero-order valence-electron chi connectivity index (χ0n) is 20.5. The molecular formula is C33H23N2OS+. The zero-order chi connectivity index (χ0) is 24.7. The smallest absolute Gasteiger partial charge is 0.266 e. The third kappa shape index (κ3) is 2.85. The van der Waals surface area contributed by atoms with Crippen LogP contribution in [0.3, 0.4) is 0 Å². The van der Waals surface area contributed by atoms with Crippen molar-refractivity contribution >= 4 is 64.3 Å². The van der Waals surface area contributed by atoms with E-state index in [0.29, 0.717) is 0 Å². The monoisotopic (exact) mass is 495 g/mol. The maximum absolute atomic E-state index is 6.43. The van der Waals surface area contributed by atoms with Gasteiger partial charge in [0, 0.05) is 48.9 Å². The molecule has 0 atom stereocenters. The van der Waals surface area contributed by atoms with Crippen molar-refractivity contribution in [2.24, 2.45) is 7.05 Å². The van der Waals surface area contributed by atoms with Crippen molar-refractivity contribution in [2.45, 2.75) is 6.92 Å². The van der Waals surface area contributed by atoms with Crippen LogP contribution in [0.2, 0.25) is 0 Å². The van der Waals surface area contributed by atoms with Crippen molar-refractivity contribution in [3.05, 3.63) is 109 Å². The first-order chi connectivity index (χ1) is 18.2. The van der Waals surface area contributed by atoms with Crippen LogP contribution in [0.15, 0.2) is 108 Å². The average Bonchev–Trinajstić information content (AvgIpc) is 3.58. The summed E-state index contributed by atoms with van der Waals surface area (Å²) in [5.41, 5.74) is 6.88. The summed E-state index contributed by atoms with van der Waals surface area (Å²) in [6.45, 7) is 2.16. The number of rotatable bonds is 2. The highest BCUT2D eigenvalue weighted by molar-refractivity contribution is 7.26. The fraction of sp³-hybridized carbons (Fsp3) is 0.0606. The Hall–Kier alpha value is -4.41. The zero-order valence-corrected chi connectivity index (χ0v) is 21.3. The van der Waals surface area contributed by atoms with Crippen molar-refractivity contribution in [3.8, 4) is 17.1 Å². The molecule has 4 aromatic heterocycles. The van der Waals surface area contributed by atoms with Crippen LogP contribution in [0.1, 0.15) is 5.56 Å². The molecule has 176 valence electrons. The van der Waals surface area contributed by atoms with Gasteiger partial charge in [-0.3, -0.25) is 0 Å². The summed E-state index contributed by atoms with van der Waals surface area (Å²) in [5.74, 6) is 0.948. The van der Waals surface area contributed by atoms with Gasteiger partial charge in [0.05, 0.1) is 11.0 Å². The lowest BCUT2D eigenvalue weighted by atomic mass is 10.1. The van der Waals surface area contributed by atoms with E-state index in [1.165, 1.54) is 58.6 Å². The Morgan fingerprint density at radius 2 is 1.38 bits per heavy atom. The van der Waals surface area contributed by atoms with Gasteiger partial charge in [-0.25, -0.2) is 0 Å². The topological polar surface area (TPSA) is 21.9 Å². The summed E-state index contributed by atoms with van der Waals surface area (Å²) in [6.07, 6.45) is 2.16. The number of benzene rings is 4. The second-order valence-electron chi connectivity index (χ2n) is 9.72. The summed E-state index contributed by atoms with van der Waals surface area (Å²) in [6, 6.07) is 34.8. The van der Waals surface area contributed by atoms with E-state index in [4.69, 9.17) is 4.42 Å². The number of furan rings is 1. The van der Waals surface area contributed by atoms with Gasteiger partial charge >= 0.3 is 0 Å². The van der Waals surface area contributed by atoms with E-state index in [1.807, 2.05) is 17.4 Å². The van der Waals surface area contributed by atoms with Crippen molar-refractivity contribution < 1.29 is 8.98 Å². The molecule has 0 bridgehead atoms. The van der Waals surface area contributed by atoms with E-state index in [2.05, 4.69) is 120 Å². The lowest BCUT2D eigenvalue weighted by molar-refractivity contribution is -0.659. The number of para-hydroxylation sites is 3. The van der Waals surface area contributed by atoms with Crippen LogP contribution in [-0.4, -0.2) is 4.57 Å². The molecule has 0 N–H and O–H groups in total. The number of thiophene rings is 1. The first kappa shape index (κ1) is 20.7. The van der Waals surface area contributed by atoms with Crippen LogP contribution in [0.25, 0.3) is 70.1 Å². The lowest BCUT2D eigenvalue weighted by Gasteiger charge is -2.08. The minimum Gasteiger partial charge on any atom is -0.449 e. The molecule has 3 nitrogen and oxygen atoms in total. The minimum absolute atomic E-state index is 0.932. The summed E-state index contributed by atoms with van der Waals surface area (Å²) in [5, 5.41) is 6.26. The molecule has 0 saturated carbocycles. The Morgan fingerprint density at radius 3 is 2.11 bits per heavy atom. The lowest BCUT2D eigenvalue weighted by Crippen LogP contribution is -2.30. The Kier molecular flexibility index (Phi) is 4.23. The van der Waals surface area contributed by atoms with Crippen LogP contribution >= 0.6 is 11.3 Å². The summed E-state index contributed by atoms with van der Waals surface area (Å²) in [4.78, 5) is 0. The van der Waals surface area contributed by atoms with Gasteiger partial charge in [-0.2, -0.15) is 4.57 Å². The highest BCUT2D eigenvalue weighted by atomic mass is 32.1. The van der Waals surface area contributed by atoms with E-state index in [1.54, 1.807) is 0 Å². The first-order valence-corrected chi connectivity index (χ1v) is 13.3. The predicted molar refractivity (Wildman–Crippen MR) is 155 cm³/mol. The fourth-order valence-corrected chi connectivity index (χ4v) is 7.13. The third-order valence-corrected chi connectivity index (χ3v) is 8.83. The van der Waals surface area contributed by atoms with Gasteiger partial charge in [-0.15, -0.1) is 11.3 Å². The minimum atomic E-state index is 0.932. The summed E-state index contributed by atoms with van der Waals surface area (Å²) < 4.78 is 13.5. The van der Waals surface area contributed by atoms with E-state index >= 15 is 0 Å². The van der Waals surface area contributed by atoms with Gasteiger partial charge in [0.25, 0.3) is 5.69 Å². The second-order valence-corrected chi connectivity index (χ2v) is 10.8. The third-order valence-electron chi connectivity index (χ3n) is 7.64. The van der Waals surface area contributed by atoms with Crippen LogP contribution in [0, 0.1) is 6.92 Å². The van der Waals surface area contributed by atoms with Crippen molar-refractivity contribution in [1.29, 1.82) is 0 Å². The molecule has 0 fully saturated rings. The molecule has 4 heterocycles. The molecule has 8 rings (SSSR count). The Balaban J connectivity index is 1.42. The largest absolute Gasteiger partial charge is 0.449 e. The molecule has 0 spiro atoms. The highest BCUT2D eigenvalue weighted by Crippen LogP contribution is 2.42. The number of fused-ring (bicyclic) bond motifs is 7. The Morgan fingerprint density at radius 1 is 0.703 bits per heavy atom. The molecule has 8 aromatic rings. The molecule has 4 heteroatoms. The second kappa shape index (κ2) is 7.55. The van der Waals surface area contributed by atoms with E-state index in [-0.39, 0.29) is 0 Å². The van der Waals surface area contributed by atoms with Crippen LogP contribution in [-0.2, 0) is 7.05 Å². The molecule has 0 radical (unpaired) electrons. The van der Waals surface area contributed by atoms with E-state index < -0.39 is 0 Å². The van der Waals surface area contributed by atoms with Crippen LogP contribution < -0.4 is 4.57 Å². The molecule has 0 unspecified atom stereocenters. The highest BCUT2D eigenvalue weighted by Gasteiger charge is 2.25. The Bertz CT molecular complexity index is 2120. The van der Waals surface area contributed by atoms with Gasteiger partial charge < -0.3 is 8.98 Å². The molecule has 4 aromatic carbocycles. The SMILES string of the molecule is Cc1c(-c2c3sc4ccc(-n5c6ccccc6c6ccccc65)cc4c3cc[n+]2C)oc2ccccc12. The van der Waals surface area contributed by atoms with Crippen LogP contribution in [0.4, 0.5) is 0 Å². The summed E-state index contributed by atoms with van der Waals surface area (Å²) >= 11 is 1.84. The molecular weight excluding hydrogens is 472 g/mol. The maximum atomic E-state index is 6.43. The Labute approximate surface area is 217 Å². The maximum Gasteiger partial charge on any atom is 0.266 e. The number of aryl methyl sites for hydroxylation is 2. The van der Waals surface area contributed by atoms with Crippen molar-refractivity contribution in [3.63, 3.8) is 0 Å². The predicted octanol–water partition coefficient (Wildman–Crippen LogP) is 8.70. The molecule has 37 heavy (non-hydrogen) atoms. The van der Waals surface area contributed by atoms with Gasteiger partial charge in [0.2, 0.25) is 5.76 Å². The average molecular weight is 496 g/mol. The number of hydrogen-bond acceptors (Lipinski definition) is 2. The van der Waals surface area contributed by atoms with E-state index in [0.717, 1.165) is 17.0 Å². The van der Waals surface area contributed by atoms with Gasteiger partial charge in [0.15, 0.2) is 6.20 Å². The first-order valence-electron chi connectivity index (χ1n) is 12.5. The number of aromatic nitrogens is 2. The number of pyridine rings is 1. The van der Waals surface area contributed by atoms with Gasteiger partial charge in [-0.05, 0) is 43.3 Å². The molecule has 0 aliphatic carbocycles. The molecule has 0 amide bonds. The summed E-state index contributed by atoms with van der Waals surface area (Å²) in [7, 11) is 2.11. The molecule has 0 aliphatic rings. The van der Waals surface area contributed by atoms with Gasteiger partial charge in [-0.1, -0.05) is 54.6 Å². The van der Waals surface area contributed by atoms with E-state index in [9.17, 15) is 0 Å². The van der Waals surface area contributed by atoms with Crippen LogP contribution in [0.5, 0.6) is 0 Å².